The lowest BCUT2D eigenvalue weighted by atomic mass is 10.2. The Bertz CT molecular complexity index is 1010. The van der Waals surface area contributed by atoms with Gasteiger partial charge in [0.2, 0.25) is 5.91 Å². The van der Waals surface area contributed by atoms with E-state index in [1.165, 1.54) is 11.8 Å². The molecule has 0 radical (unpaired) electrons. The number of hydrogen-bond donors (Lipinski definition) is 1. The molecular formula is C23H25N5O2S. The number of aromatic nitrogens is 2. The molecule has 1 saturated heterocycles. The Morgan fingerprint density at radius 3 is 2.42 bits per heavy atom. The third kappa shape index (κ3) is 5.27. The van der Waals surface area contributed by atoms with E-state index in [4.69, 9.17) is 4.74 Å². The van der Waals surface area contributed by atoms with Gasteiger partial charge in [0.15, 0.2) is 5.82 Å². The highest BCUT2D eigenvalue weighted by molar-refractivity contribution is 8.00. The number of methoxy groups -OCH3 is 1. The van der Waals surface area contributed by atoms with Gasteiger partial charge in [0.1, 0.15) is 10.8 Å². The van der Waals surface area contributed by atoms with Gasteiger partial charge in [-0.2, -0.15) is 0 Å². The van der Waals surface area contributed by atoms with Crippen LogP contribution in [0.1, 0.15) is 0 Å². The number of carbonyl (C=O) groups is 1. The van der Waals surface area contributed by atoms with Gasteiger partial charge in [-0.05, 0) is 24.3 Å². The van der Waals surface area contributed by atoms with E-state index in [-0.39, 0.29) is 11.7 Å². The van der Waals surface area contributed by atoms with Crippen molar-refractivity contribution in [2.24, 2.45) is 0 Å². The molecule has 0 atom stereocenters. The van der Waals surface area contributed by atoms with E-state index < -0.39 is 0 Å². The zero-order chi connectivity index (χ0) is 21.5. The third-order valence-corrected chi connectivity index (χ3v) is 6.02. The molecule has 3 aromatic rings. The Morgan fingerprint density at radius 2 is 1.65 bits per heavy atom. The zero-order valence-electron chi connectivity index (χ0n) is 17.4. The second kappa shape index (κ2) is 10.2. The fraction of sp³-hybridized carbons (Fsp3) is 0.261. The van der Waals surface area contributed by atoms with Crippen LogP contribution in [0.5, 0.6) is 5.75 Å². The van der Waals surface area contributed by atoms with Crippen LogP contribution < -0.4 is 19.9 Å². The minimum absolute atomic E-state index is 0.0613. The van der Waals surface area contributed by atoms with E-state index in [2.05, 4.69) is 31.2 Å². The smallest absolute Gasteiger partial charge is 0.234 e. The number of benzene rings is 2. The second-order valence-corrected chi connectivity index (χ2v) is 8.00. The minimum atomic E-state index is -0.0613. The molecule has 1 aliphatic rings. The number of para-hydroxylation sites is 3. The van der Waals surface area contributed by atoms with Gasteiger partial charge in [0.25, 0.3) is 0 Å². The van der Waals surface area contributed by atoms with Crippen LogP contribution in [0.25, 0.3) is 0 Å². The highest BCUT2D eigenvalue weighted by atomic mass is 32.2. The first-order chi connectivity index (χ1) is 15.2. The minimum Gasteiger partial charge on any atom is -0.495 e. The molecule has 8 heteroatoms. The average Bonchev–Trinajstić information content (AvgIpc) is 2.84. The average molecular weight is 436 g/mol. The summed E-state index contributed by atoms with van der Waals surface area (Å²) in [5, 5.41) is 3.68. The lowest BCUT2D eigenvalue weighted by Crippen LogP contribution is -2.47. The SMILES string of the molecule is COc1ccccc1N1CCN(c2nccnc2SCC(=O)Nc2ccccc2)CC1. The quantitative estimate of drug-likeness (QED) is 0.569. The molecular weight excluding hydrogens is 410 g/mol. The summed E-state index contributed by atoms with van der Waals surface area (Å²) in [5.41, 5.74) is 1.90. The molecule has 1 fully saturated rings. The fourth-order valence-corrected chi connectivity index (χ4v) is 4.33. The Labute approximate surface area is 186 Å². The number of amides is 1. The molecule has 1 amide bonds. The molecule has 1 aliphatic heterocycles. The van der Waals surface area contributed by atoms with E-state index in [1.807, 2.05) is 48.5 Å². The van der Waals surface area contributed by atoms with E-state index in [1.54, 1.807) is 19.5 Å². The van der Waals surface area contributed by atoms with Crippen LogP contribution in [0, 0.1) is 0 Å². The summed E-state index contributed by atoms with van der Waals surface area (Å²) in [4.78, 5) is 25.9. The van der Waals surface area contributed by atoms with Crippen LogP contribution in [-0.2, 0) is 4.79 Å². The maximum Gasteiger partial charge on any atom is 0.234 e. The van der Waals surface area contributed by atoms with Crippen LogP contribution >= 0.6 is 11.8 Å². The third-order valence-electron chi connectivity index (χ3n) is 5.05. The van der Waals surface area contributed by atoms with E-state index in [0.717, 1.165) is 54.1 Å². The lowest BCUT2D eigenvalue weighted by molar-refractivity contribution is -0.113. The summed E-state index contributed by atoms with van der Waals surface area (Å²) >= 11 is 1.41. The first kappa shape index (κ1) is 21.0. The van der Waals surface area contributed by atoms with Crippen molar-refractivity contribution in [2.45, 2.75) is 5.03 Å². The van der Waals surface area contributed by atoms with Gasteiger partial charge in [0, 0.05) is 44.3 Å². The first-order valence-corrected chi connectivity index (χ1v) is 11.1. The molecule has 4 rings (SSSR count). The van der Waals surface area contributed by atoms with Gasteiger partial charge < -0.3 is 19.9 Å². The summed E-state index contributed by atoms with van der Waals surface area (Å²) in [7, 11) is 1.70. The van der Waals surface area contributed by atoms with Crippen LogP contribution in [0.15, 0.2) is 72.0 Å². The zero-order valence-corrected chi connectivity index (χ0v) is 18.2. The first-order valence-electron chi connectivity index (χ1n) is 10.2. The standard InChI is InChI=1S/C23H25N5O2S/c1-30-20-10-6-5-9-19(20)27-13-15-28(16-14-27)22-23(25-12-11-24-22)31-17-21(29)26-18-7-3-2-4-8-18/h2-12H,13-17H2,1H3,(H,26,29). The molecule has 1 aromatic heterocycles. The predicted molar refractivity (Wildman–Crippen MR) is 125 cm³/mol. The number of anilines is 3. The number of hydrogen-bond acceptors (Lipinski definition) is 7. The van der Waals surface area contributed by atoms with E-state index in [9.17, 15) is 4.79 Å². The van der Waals surface area contributed by atoms with Crippen LogP contribution in [-0.4, -0.2) is 54.9 Å². The molecule has 2 aromatic carbocycles. The highest BCUT2D eigenvalue weighted by Crippen LogP contribution is 2.31. The predicted octanol–water partition coefficient (Wildman–Crippen LogP) is 3.54. The Kier molecular flexibility index (Phi) is 6.89. The molecule has 0 unspecified atom stereocenters. The van der Waals surface area contributed by atoms with Crippen molar-refractivity contribution in [2.75, 3.05) is 54.2 Å². The fourth-order valence-electron chi connectivity index (χ4n) is 3.54. The van der Waals surface area contributed by atoms with Crippen molar-refractivity contribution < 1.29 is 9.53 Å². The van der Waals surface area contributed by atoms with Crippen molar-refractivity contribution in [3.63, 3.8) is 0 Å². The monoisotopic (exact) mass is 435 g/mol. The summed E-state index contributed by atoms with van der Waals surface area (Å²) in [6.45, 7) is 3.35. The maximum atomic E-state index is 12.3. The van der Waals surface area contributed by atoms with Gasteiger partial charge in [-0.1, -0.05) is 42.1 Å². The van der Waals surface area contributed by atoms with E-state index >= 15 is 0 Å². The van der Waals surface area contributed by atoms with Gasteiger partial charge in [-0.3, -0.25) is 4.79 Å². The van der Waals surface area contributed by atoms with Crippen LogP contribution in [0.2, 0.25) is 0 Å². The second-order valence-electron chi connectivity index (χ2n) is 7.03. The molecule has 0 spiro atoms. The molecule has 1 N–H and O–H groups in total. The summed E-state index contributed by atoms with van der Waals surface area (Å²) in [6.07, 6.45) is 3.38. The summed E-state index contributed by atoms with van der Waals surface area (Å²) in [5.74, 6) is 1.94. The summed E-state index contributed by atoms with van der Waals surface area (Å²) < 4.78 is 5.51. The molecule has 31 heavy (non-hydrogen) atoms. The number of piperazine rings is 1. The van der Waals surface area contributed by atoms with Crippen molar-refractivity contribution in [1.82, 2.24) is 9.97 Å². The number of thioether (sulfide) groups is 1. The molecule has 160 valence electrons. The lowest BCUT2D eigenvalue weighted by Gasteiger charge is -2.37. The topological polar surface area (TPSA) is 70.6 Å². The Hall–Kier alpha value is -3.26. The van der Waals surface area contributed by atoms with Crippen molar-refractivity contribution >= 4 is 34.9 Å². The molecule has 0 bridgehead atoms. The van der Waals surface area contributed by atoms with Gasteiger partial charge in [-0.15, -0.1) is 0 Å². The number of carbonyl (C=O) groups excluding carboxylic acids is 1. The van der Waals surface area contributed by atoms with Gasteiger partial charge in [0.05, 0.1) is 18.6 Å². The Morgan fingerprint density at radius 1 is 0.968 bits per heavy atom. The van der Waals surface area contributed by atoms with E-state index in [0.29, 0.717) is 0 Å². The number of rotatable bonds is 7. The maximum absolute atomic E-state index is 12.3. The molecule has 0 aliphatic carbocycles. The summed E-state index contributed by atoms with van der Waals surface area (Å²) in [6, 6.07) is 17.5. The van der Waals surface area contributed by atoms with Crippen molar-refractivity contribution in [1.29, 1.82) is 0 Å². The number of ether oxygens (including phenoxy) is 1. The van der Waals surface area contributed by atoms with Crippen molar-refractivity contribution in [3.8, 4) is 5.75 Å². The largest absolute Gasteiger partial charge is 0.495 e. The molecule has 7 nitrogen and oxygen atoms in total. The number of nitrogens with one attached hydrogen (secondary N) is 1. The molecule has 0 saturated carbocycles. The number of nitrogens with zero attached hydrogens (tertiary/aromatic N) is 4. The van der Waals surface area contributed by atoms with Crippen LogP contribution in [0.4, 0.5) is 17.2 Å². The normalized spacial score (nSPS) is 13.7. The van der Waals surface area contributed by atoms with Gasteiger partial charge >= 0.3 is 0 Å². The van der Waals surface area contributed by atoms with Gasteiger partial charge in [-0.25, -0.2) is 9.97 Å². The highest BCUT2D eigenvalue weighted by Gasteiger charge is 2.23. The van der Waals surface area contributed by atoms with Crippen LogP contribution in [0.3, 0.4) is 0 Å². The Balaban J connectivity index is 1.37. The van der Waals surface area contributed by atoms with Crippen molar-refractivity contribution in [3.05, 3.63) is 67.0 Å². The molecule has 2 heterocycles.